The summed E-state index contributed by atoms with van der Waals surface area (Å²) in [5, 5.41) is 12.9. The van der Waals surface area contributed by atoms with E-state index in [4.69, 9.17) is 46.4 Å². The summed E-state index contributed by atoms with van der Waals surface area (Å²) in [6.07, 6.45) is 1.09. The van der Waals surface area contributed by atoms with Crippen molar-refractivity contribution in [3.05, 3.63) is 85.3 Å². The van der Waals surface area contributed by atoms with Gasteiger partial charge in [-0.05, 0) is 42.5 Å². The molecule has 30 heavy (non-hydrogen) atoms. The fraction of sp³-hybridized carbons (Fsp3) is 0. The molecule has 0 atom stereocenters. The largest absolute Gasteiger partial charge is 0.506 e. The number of amides is 1. The molecule has 0 aliphatic rings. The van der Waals surface area contributed by atoms with Gasteiger partial charge in [0.1, 0.15) is 17.1 Å². The van der Waals surface area contributed by atoms with Gasteiger partial charge in [0, 0.05) is 22.5 Å². The van der Waals surface area contributed by atoms with Gasteiger partial charge in [-0.1, -0.05) is 46.4 Å². The van der Waals surface area contributed by atoms with Crippen LogP contribution in [0.1, 0.15) is 15.9 Å². The molecule has 0 bridgehead atoms. The monoisotopic (exact) mass is 488 g/mol. The van der Waals surface area contributed by atoms with Crippen molar-refractivity contribution >= 4 is 69.9 Å². The fourth-order valence-electron chi connectivity index (χ4n) is 2.44. The van der Waals surface area contributed by atoms with Crippen molar-refractivity contribution in [1.29, 1.82) is 0 Å². The highest BCUT2D eigenvalue weighted by atomic mass is 35.5. The average molecular weight is 490 g/mol. The average Bonchev–Trinajstić information content (AvgIpc) is 2.67. The molecular formula is C20H10Cl4F2N2O2. The summed E-state index contributed by atoms with van der Waals surface area (Å²) in [6.45, 7) is 0. The van der Waals surface area contributed by atoms with Gasteiger partial charge >= 0.3 is 0 Å². The van der Waals surface area contributed by atoms with Crippen LogP contribution in [0, 0.1) is 11.6 Å². The van der Waals surface area contributed by atoms with Gasteiger partial charge in [-0.15, -0.1) is 0 Å². The van der Waals surface area contributed by atoms with Crippen LogP contribution in [0.3, 0.4) is 0 Å². The van der Waals surface area contributed by atoms with Crippen molar-refractivity contribution < 1.29 is 18.7 Å². The Morgan fingerprint density at radius 3 is 2.40 bits per heavy atom. The number of halogens is 6. The van der Waals surface area contributed by atoms with Gasteiger partial charge in [0.2, 0.25) is 0 Å². The lowest BCUT2D eigenvalue weighted by Gasteiger charge is -2.09. The molecule has 10 heteroatoms. The molecule has 0 radical (unpaired) electrons. The lowest BCUT2D eigenvalue weighted by molar-refractivity contribution is 0.101. The molecule has 3 aromatic carbocycles. The van der Waals surface area contributed by atoms with Crippen LogP contribution < -0.4 is 5.32 Å². The maximum absolute atomic E-state index is 14.8. The highest BCUT2D eigenvalue weighted by Crippen LogP contribution is 2.31. The second-order valence-corrected chi connectivity index (χ2v) is 7.58. The Kier molecular flexibility index (Phi) is 6.83. The Bertz CT molecular complexity index is 1190. The minimum Gasteiger partial charge on any atom is -0.506 e. The van der Waals surface area contributed by atoms with Crippen LogP contribution in [-0.4, -0.2) is 17.2 Å². The first kappa shape index (κ1) is 22.3. The number of hydrogen-bond acceptors (Lipinski definition) is 3. The Morgan fingerprint density at radius 1 is 0.967 bits per heavy atom. The van der Waals surface area contributed by atoms with E-state index in [9.17, 15) is 18.7 Å². The zero-order valence-electron chi connectivity index (χ0n) is 14.7. The van der Waals surface area contributed by atoms with Crippen LogP contribution in [-0.2, 0) is 0 Å². The van der Waals surface area contributed by atoms with Crippen molar-refractivity contribution in [1.82, 2.24) is 0 Å². The number of nitrogens with zero attached hydrogens (tertiary/aromatic N) is 1. The Labute approximate surface area is 189 Å². The number of nitrogens with one attached hydrogen (secondary N) is 1. The Morgan fingerprint density at radius 2 is 1.70 bits per heavy atom. The molecule has 3 aromatic rings. The van der Waals surface area contributed by atoms with E-state index in [-0.39, 0.29) is 42.8 Å². The smallest absolute Gasteiger partial charge is 0.261 e. The number of aliphatic imine (C=N–C) groups is 1. The van der Waals surface area contributed by atoms with E-state index in [0.29, 0.717) is 0 Å². The minimum atomic E-state index is -1.20. The maximum atomic E-state index is 14.8. The van der Waals surface area contributed by atoms with Crippen LogP contribution in [0.4, 0.5) is 20.2 Å². The number of phenols is 1. The van der Waals surface area contributed by atoms with Gasteiger partial charge in [-0.3, -0.25) is 9.79 Å². The van der Waals surface area contributed by atoms with E-state index >= 15 is 0 Å². The predicted molar refractivity (Wildman–Crippen MR) is 116 cm³/mol. The van der Waals surface area contributed by atoms with Crippen molar-refractivity contribution in [2.75, 3.05) is 5.32 Å². The third-order valence-electron chi connectivity index (χ3n) is 3.88. The molecule has 0 heterocycles. The Balaban J connectivity index is 1.93. The van der Waals surface area contributed by atoms with Gasteiger partial charge < -0.3 is 10.4 Å². The molecule has 0 saturated carbocycles. The zero-order chi connectivity index (χ0) is 22.0. The molecule has 2 N–H and O–H groups in total. The highest BCUT2D eigenvalue weighted by molar-refractivity contribution is 6.42. The van der Waals surface area contributed by atoms with Gasteiger partial charge in [0.05, 0.1) is 20.8 Å². The minimum absolute atomic E-state index is 0.0229. The standard InChI is InChI=1S/C20H10Cl4F2N2O2/c21-10-5-9(19(29)14(24)6-10)8-27-16-4-3-15(25)17(18(16)26)20(30)28-11-1-2-12(22)13(23)7-11/h1-8,29H,(H,28,30). The fourth-order valence-corrected chi connectivity index (χ4v) is 3.25. The number of anilines is 1. The van der Waals surface area contributed by atoms with E-state index in [2.05, 4.69) is 10.3 Å². The molecule has 0 aliphatic heterocycles. The van der Waals surface area contributed by atoms with Crippen molar-refractivity contribution in [3.8, 4) is 5.75 Å². The molecule has 1 amide bonds. The maximum Gasteiger partial charge on any atom is 0.261 e. The summed E-state index contributed by atoms with van der Waals surface area (Å²) < 4.78 is 29.0. The first-order valence-corrected chi connectivity index (χ1v) is 9.65. The van der Waals surface area contributed by atoms with Gasteiger partial charge in [0.15, 0.2) is 5.82 Å². The predicted octanol–water partition coefficient (Wildman–Crippen LogP) is 7.29. The lowest BCUT2D eigenvalue weighted by atomic mass is 10.1. The molecule has 0 unspecified atom stereocenters. The number of benzene rings is 3. The van der Waals surface area contributed by atoms with E-state index in [1.807, 2.05) is 0 Å². The van der Waals surface area contributed by atoms with E-state index in [1.54, 1.807) is 0 Å². The second-order valence-electron chi connectivity index (χ2n) is 5.92. The molecule has 0 spiro atoms. The Hall–Kier alpha value is -2.38. The van der Waals surface area contributed by atoms with Gasteiger partial charge in [-0.2, -0.15) is 0 Å². The number of hydrogen-bond donors (Lipinski definition) is 2. The molecule has 3 rings (SSSR count). The molecule has 154 valence electrons. The van der Waals surface area contributed by atoms with Crippen LogP contribution in [0.25, 0.3) is 0 Å². The summed E-state index contributed by atoms with van der Waals surface area (Å²) >= 11 is 23.4. The first-order valence-electron chi connectivity index (χ1n) is 8.14. The summed E-state index contributed by atoms with van der Waals surface area (Å²) in [4.78, 5) is 16.3. The number of phenolic OH excluding ortho intramolecular Hbond substituents is 1. The number of carbonyl (C=O) groups is 1. The van der Waals surface area contributed by atoms with E-state index < -0.39 is 23.1 Å². The van der Waals surface area contributed by atoms with E-state index in [1.165, 1.54) is 30.3 Å². The van der Waals surface area contributed by atoms with E-state index in [0.717, 1.165) is 18.3 Å². The highest BCUT2D eigenvalue weighted by Gasteiger charge is 2.21. The molecule has 0 saturated heterocycles. The molecular weight excluding hydrogens is 480 g/mol. The zero-order valence-corrected chi connectivity index (χ0v) is 17.7. The summed E-state index contributed by atoms with van der Waals surface area (Å²) in [7, 11) is 0. The SMILES string of the molecule is O=C(Nc1ccc(Cl)c(Cl)c1)c1c(F)ccc(N=Cc2cc(Cl)cc(Cl)c2O)c1F. The van der Waals surface area contributed by atoms with Crippen LogP contribution >= 0.6 is 46.4 Å². The quantitative estimate of drug-likeness (QED) is 0.378. The third kappa shape index (κ3) is 4.84. The van der Waals surface area contributed by atoms with Crippen LogP contribution in [0.15, 0.2) is 47.5 Å². The summed E-state index contributed by atoms with van der Waals surface area (Å²) in [6, 6.07) is 8.80. The van der Waals surface area contributed by atoms with Crippen LogP contribution in [0.2, 0.25) is 20.1 Å². The molecule has 0 aliphatic carbocycles. The number of rotatable bonds is 4. The summed E-state index contributed by atoms with van der Waals surface area (Å²) in [5.41, 5.74) is -0.881. The van der Waals surface area contributed by atoms with Crippen molar-refractivity contribution in [3.63, 3.8) is 0 Å². The van der Waals surface area contributed by atoms with Crippen molar-refractivity contribution in [2.24, 2.45) is 4.99 Å². The molecule has 0 fully saturated rings. The van der Waals surface area contributed by atoms with Gasteiger partial charge in [-0.25, -0.2) is 8.78 Å². The third-order valence-corrected chi connectivity index (χ3v) is 5.12. The van der Waals surface area contributed by atoms with Crippen LogP contribution in [0.5, 0.6) is 5.75 Å². The van der Waals surface area contributed by atoms with Crippen molar-refractivity contribution in [2.45, 2.75) is 0 Å². The second kappa shape index (κ2) is 9.18. The number of carbonyl (C=O) groups excluding carboxylic acids is 1. The number of aromatic hydroxyl groups is 1. The lowest BCUT2D eigenvalue weighted by Crippen LogP contribution is -2.16. The molecule has 0 aromatic heterocycles. The normalized spacial score (nSPS) is 11.1. The summed E-state index contributed by atoms with van der Waals surface area (Å²) in [5.74, 6) is -3.65. The topological polar surface area (TPSA) is 61.7 Å². The van der Waals surface area contributed by atoms with Gasteiger partial charge in [0.25, 0.3) is 5.91 Å². The first-order chi connectivity index (χ1) is 14.2. The molecule has 4 nitrogen and oxygen atoms in total.